The Bertz CT molecular complexity index is 2800. The average Bonchev–Trinajstić information content (AvgIpc) is 3.53. The summed E-state index contributed by atoms with van der Waals surface area (Å²) in [7, 11) is 0. The SMILES string of the molecule is CC1(C)c2ccccc2C2(c3ccccc3-c3ccc(-c4ccc(C#N)cc4)cc32)c2cc(-c3nnc(-c4ccccc4)nc3-c3ccccc3)ccc21. The van der Waals surface area contributed by atoms with Gasteiger partial charge in [0.25, 0.3) is 0 Å². The lowest BCUT2D eigenvalue weighted by atomic mass is 9.55. The van der Waals surface area contributed by atoms with Crippen LogP contribution in [-0.2, 0) is 10.8 Å². The summed E-state index contributed by atoms with van der Waals surface area (Å²) in [4.78, 5) is 5.19. The van der Waals surface area contributed by atoms with Gasteiger partial charge in [-0.1, -0.05) is 159 Å². The highest BCUT2D eigenvalue weighted by atomic mass is 15.2. The van der Waals surface area contributed by atoms with Gasteiger partial charge in [-0.2, -0.15) is 5.26 Å². The Hall–Kier alpha value is -6.96. The van der Waals surface area contributed by atoms with E-state index in [2.05, 4.69) is 129 Å². The number of hydrogen-bond donors (Lipinski definition) is 0. The molecule has 0 saturated heterocycles. The van der Waals surface area contributed by atoms with Crippen LogP contribution in [0.3, 0.4) is 0 Å². The summed E-state index contributed by atoms with van der Waals surface area (Å²) in [5.41, 5.74) is 16.5. The number of benzene rings is 7. The van der Waals surface area contributed by atoms with Crippen molar-refractivity contribution in [1.82, 2.24) is 15.2 Å². The molecule has 4 heteroatoms. The molecule has 0 aliphatic heterocycles. The largest absolute Gasteiger partial charge is 0.224 e. The first-order valence-corrected chi connectivity index (χ1v) is 18.3. The van der Waals surface area contributed by atoms with Gasteiger partial charge in [-0.3, -0.25) is 0 Å². The Morgan fingerprint density at radius 2 is 1.00 bits per heavy atom. The maximum Gasteiger partial charge on any atom is 0.182 e. The second-order valence-electron chi connectivity index (χ2n) is 14.7. The molecule has 0 amide bonds. The van der Waals surface area contributed by atoms with Crippen molar-refractivity contribution in [3.63, 3.8) is 0 Å². The van der Waals surface area contributed by atoms with E-state index in [1.807, 2.05) is 60.7 Å². The summed E-state index contributed by atoms with van der Waals surface area (Å²) in [6.07, 6.45) is 0. The maximum absolute atomic E-state index is 9.51. The van der Waals surface area contributed by atoms with Crippen LogP contribution in [0.5, 0.6) is 0 Å². The molecule has 254 valence electrons. The third-order valence-electron chi connectivity index (χ3n) is 11.5. The molecule has 1 heterocycles. The molecule has 54 heavy (non-hydrogen) atoms. The molecular weight excluding hydrogens is 657 g/mol. The second-order valence-corrected chi connectivity index (χ2v) is 14.7. The van der Waals surface area contributed by atoms with Crippen molar-refractivity contribution in [3.8, 4) is 62.2 Å². The van der Waals surface area contributed by atoms with E-state index in [1.165, 1.54) is 44.5 Å². The van der Waals surface area contributed by atoms with Crippen LogP contribution >= 0.6 is 0 Å². The molecule has 1 unspecified atom stereocenters. The van der Waals surface area contributed by atoms with Crippen molar-refractivity contribution >= 4 is 0 Å². The van der Waals surface area contributed by atoms with Gasteiger partial charge in [-0.15, -0.1) is 10.2 Å². The highest BCUT2D eigenvalue weighted by molar-refractivity contribution is 5.91. The van der Waals surface area contributed by atoms with Gasteiger partial charge in [0, 0.05) is 22.1 Å². The van der Waals surface area contributed by atoms with Gasteiger partial charge in [0.2, 0.25) is 0 Å². The van der Waals surface area contributed by atoms with E-state index >= 15 is 0 Å². The van der Waals surface area contributed by atoms with Crippen LogP contribution in [0.25, 0.3) is 56.2 Å². The van der Waals surface area contributed by atoms with Crippen LogP contribution in [0, 0.1) is 11.3 Å². The number of rotatable bonds is 4. The Kier molecular flexibility index (Phi) is 7.08. The Labute approximate surface area is 315 Å². The average molecular weight is 691 g/mol. The van der Waals surface area contributed by atoms with Crippen LogP contribution in [0.4, 0.5) is 0 Å². The fourth-order valence-corrected chi connectivity index (χ4v) is 9.00. The predicted octanol–water partition coefficient (Wildman–Crippen LogP) is 11.4. The van der Waals surface area contributed by atoms with Gasteiger partial charge in [-0.05, 0) is 79.9 Å². The zero-order valence-corrected chi connectivity index (χ0v) is 30.0. The van der Waals surface area contributed by atoms with Crippen molar-refractivity contribution in [1.29, 1.82) is 5.26 Å². The molecule has 8 aromatic rings. The lowest BCUT2D eigenvalue weighted by Gasteiger charge is -2.47. The molecule has 1 atom stereocenters. The molecule has 1 aromatic heterocycles. The molecule has 1 spiro atoms. The summed E-state index contributed by atoms with van der Waals surface area (Å²) in [5.74, 6) is 0.594. The van der Waals surface area contributed by atoms with E-state index < -0.39 is 5.41 Å². The zero-order valence-electron chi connectivity index (χ0n) is 30.0. The van der Waals surface area contributed by atoms with Gasteiger partial charge in [0.15, 0.2) is 5.82 Å². The summed E-state index contributed by atoms with van der Waals surface area (Å²) in [5, 5.41) is 19.2. The zero-order chi connectivity index (χ0) is 36.4. The summed E-state index contributed by atoms with van der Waals surface area (Å²) in [6.45, 7) is 4.69. The molecule has 0 bridgehead atoms. The molecule has 2 aliphatic carbocycles. The Balaban J connectivity index is 1.27. The summed E-state index contributed by atoms with van der Waals surface area (Å²) >= 11 is 0. The normalized spacial score (nSPS) is 15.8. The number of nitrogens with zero attached hydrogens (tertiary/aromatic N) is 4. The molecular formula is C50H34N4. The monoisotopic (exact) mass is 690 g/mol. The predicted molar refractivity (Wildman–Crippen MR) is 216 cm³/mol. The maximum atomic E-state index is 9.51. The molecule has 4 nitrogen and oxygen atoms in total. The van der Waals surface area contributed by atoms with E-state index in [0.717, 1.165) is 39.2 Å². The topological polar surface area (TPSA) is 62.5 Å². The van der Waals surface area contributed by atoms with Gasteiger partial charge in [-0.25, -0.2) is 4.98 Å². The van der Waals surface area contributed by atoms with Crippen LogP contribution in [-0.4, -0.2) is 15.2 Å². The quantitative estimate of drug-likeness (QED) is 0.184. The Morgan fingerprint density at radius 1 is 0.426 bits per heavy atom. The second kappa shape index (κ2) is 12.0. The molecule has 0 radical (unpaired) electrons. The minimum absolute atomic E-state index is 0.276. The van der Waals surface area contributed by atoms with Gasteiger partial charge < -0.3 is 0 Å². The van der Waals surface area contributed by atoms with Crippen LogP contribution in [0.15, 0.2) is 170 Å². The fraction of sp³-hybridized carbons (Fsp3) is 0.0800. The molecule has 7 aromatic carbocycles. The van der Waals surface area contributed by atoms with Crippen molar-refractivity contribution in [2.75, 3.05) is 0 Å². The van der Waals surface area contributed by atoms with Crippen molar-refractivity contribution < 1.29 is 0 Å². The van der Waals surface area contributed by atoms with E-state index in [0.29, 0.717) is 11.4 Å². The first-order valence-electron chi connectivity index (χ1n) is 18.3. The molecule has 10 rings (SSSR count). The van der Waals surface area contributed by atoms with Crippen LogP contribution < -0.4 is 0 Å². The van der Waals surface area contributed by atoms with E-state index in [1.54, 1.807) is 0 Å². The minimum Gasteiger partial charge on any atom is -0.224 e. The summed E-state index contributed by atoms with van der Waals surface area (Å²) in [6, 6.07) is 62.2. The van der Waals surface area contributed by atoms with Gasteiger partial charge in [0.1, 0.15) is 11.4 Å². The number of aromatic nitrogens is 3. The first-order chi connectivity index (χ1) is 26.5. The van der Waals surface area contributed by atoms with E-state index in [4.69, 9.17) is 15.2 Å². The highest BCUT2D eigenvalue weighted by Gasteiger charge is 2.53. The third-order valence-corrected chi connectivity index (χ3v) is 11.5. The summed E-state index contributed by atoms with van der Waals surface area (Å²) < 4.78 is 0. The van der Waals surface area contributed by atoms with Crippen molar-refractivity contribution in [3.05, 3.63) is 209 Å². The fourth-order valence-electron chi connectivity index (χ4n) is 9.00. The number of fused-ring (bicyclic) bond motifs is 9. The molecule has 0 N–H and O–H groups in total. The third kappa shape index (κ3) is 4.58. The van der Waals surface area contributed by atoms with E-state index in [9.17, 15) is 5.26 Å². The van der Waals surface area contributed by atoms with Gasteiger partial charge in [0.05, 0.1) is 17.0 Å². The van der Waals surface area contributed by atoms with Crippen molar-refractivity contribution in [2.24, 2.45) is 0 Å². The van der Waals surface area contributed by atoms with E-state index in [-0.39, 0.29) is 5.41 Å². The number of hydrogen-bond acceptors (Lipinski definition) is 4. The van der Waals surface area contributed by atoms with Crippen molar-refractivity contribution in [2.45, 2.75) is 24.7 Å². The van der Waals surface area contributed by atoms with Crippen LogP contribution in [0.1, 0.15) is 52.8 Å². The first kappa shape index (κ1) is 31.7. The van der Waals surface area contributed by atoms with Gasteiger partial charge >= 0.3 is 0 Å². The Morgan fingerprint density at radius 3 is 1.74 bits per heavy atom. The van der Waals surface area contributed by atoms with Crippen LogP contribution in [0.2, 0.25) is 0 Å². The smallest absolute Gasteiger partial charge is 0.182 e. The standard InChI is InChI=1S/C50H34N4/c1-49(2)41-19-11-12-20-43(41)50(40-18-10-9-17-38(40)39-27-25-36(29-44(39)50)33-23-21-32(31-51)22-24-33)45-30-37(26-28-42(45)49)47-46(34-13-5-3-6-14-34)52-48(54-53-47)35-15-7-4-8-16-35/h3-30H,1-2H3. The number of nitriles is 1. The highest BCUT2D eigenvalue weighted by Crippen LogP contribution is 2.62. The molecule has 2 aliphatic rings. The molecule has 0 saturated carbocycles. The minimum atomic E-state index is -0.607. The lowest BCUT2D eigenvalue weighted by molar-refractivity contribution is 0.563. The lowest BCUT2D eigenvalue weighted by Crippen LogP contribution is -2.40. The molecule has 0 fully saturated rings.